The van der Waals surface area contributed by atoms with E-state index in [-0.39, 0.29) is 18.4 Å². The van der Waals surface area contributed by atoms with Gasteiger partial charge in [-0.2, -0.15) is 0 Å². The first-order valence-electron chi connectivity index (χ1n) is 8.85. The van der Waals surface area contributed by atoms with E-state index in [1.807, 2.05) is 6.07 Å². The van der Waals surface area contributed by atoms with Gasteiger partial charge in [-0.1, -0.05) is 30.3 Å². The highest BCUT2D eigenvalue weighted by Gasteiger charge is 2.69. The number of carbonyl (C=O) groups excluding carboxylic acids is 3. The van der Waals surface area contributed by atoms with Crippen LogP contribution in [-0.4, -0.2) is 36.3 Å². The van der Waals surface area contributed by atoms with Crippen LogP contribution in [0.5, 0.6) is 0 Å². The summed E-state index contributed by atoms with van der Waals surface area (Å²) in [6, 6.07) is 10.1. The molecule has 0 saturated carbocycles. The quantitative estimate of drug-likeness (QED) is 0.652. The van der Waals surface area contributed by atoms with Crippen molar-refractivity contribution in [2.45, 2.75) is 18.5 Å². The van der Waals surface area contributed by atoms with Gasteiger partial charge in [-0.3, -0.25) is 19.8 Å². The van der Waals surface area contributed by atoms with E-state index in [2.05, 4.69) is 5.32 Å². The minimum Gasteiger partial charge on any atom is -0.472 e. The summed E-state index contributed by atoms with van der Waals surface area (Å²) in [5.41, 5.74) is -0.137. The Labute approximate surface area is 156 Å². The number of esters is 1. The fourth-order valence-electron chi connectivity index (χ4n) is 4.45. The standard InChI is InChI=1S/C20H20N2O5/c1-3-22-17(23)14-15(18(22)24)20(19(25)26-2,13-7-5-4-6-8-13)21-16(14)12-9-10-27-11-12/h4-11,14-16,21H,3H2,1-2H3/t14-,15-,16-,20-/m1/s1. The summed E-state index contributed by atoms with van der Waals surface area (Å²) < 4.78 is 10.3. The number of benzene rings is 1. The number of rotatable bonds is 4. The number of hydrogen-bond donors (Lipinski definition) is 1. The highest BCUT2D eigenvalue weighted by atomic mass is 16.5. The number of imide groups is 1. The Hall–Kier alpha value is -2.93. The molecule has 2 amide bonds. The molecular formula is C20H20N2O5. The predicted octanol–water partition coefficient (Wildman–Crippen LogP) is 1.61. The van der Waals surface area contributed by atoms with Crippen LogP contribution in [0.3, 0.4) is 0 Å². The lowest BCUT2D eigenvalue weighted by molar-refractivity contribution is -0.154. The van der Waals surface area contributed by atoms with Gasteiger partial charge in [0, 0.05) is 18.2 Å². The third-order valence-corrected chi connectivity index (χ3v) is 5.61. The number of methoxy groups -OCH3 is 1. The summed E-state index contributed by atoms with van der Waals surface area (Å²) >= 11 is 0. The first-order valence-corrected chi connectivity index (χ1v) is 8.85. The molecule has 4 atom stereocenters. The fraction of sp³-hybridized carbons (Fsp3) is 0.350. The Morgan fingerprint density at radius 3 is 2.56 bits per heavy atom. The molecule has 1 N–H and O–H groups in total. The van der Waals surface area contributed by atoms with Crippen molar-refractivity contribution in [1.82, 2.24) is 10.2 Å². The van der Waals surface area contributed by atoms with Gasteiger partial charge >= 0.3 is 5.97 Å². The van der Waals surface area contributed by atoms with Crippen LogP contribution in [-0.2, 0) is 24.7 Å². The highest BCUT2D eigenvalue weighted by molar-refractivity contribution is 6.09. The van der Waals surface area contributed by atoms with Gasteiger partial charge in [0.1, 0.15) is 0 Å². The number of amides is 2. The summed E-state index contributed by atoms with van der Waals surface area (Å²) in [5.74, 6) is -2.84. The van der Waals surface area contributed by atoms with Crippen LogP contribution in [0.1, 0.15) is 24.1 Å². The third-order valence-electron chi connectivity index (χ3n) is 5.61. The molecular weight excluding hydrogens is 348 g/mol. The molecule has 7 heteroatoms. The Bertz CT molecular complexity index is 879. The van der Waals surface area contributed by atoms with Crippen molar-refractivity contribution in [3.05, 3.63) is 60.1 Å². The maximum Gasteiger partial charge on any atom is 0.331 e. The number of fused-ring (bicyclic) bond motifs is 1. The fourth-order valence-corrected chi connectivity index (χ4v) is 4.45. The molecule has 1 aromatic carbocycles. The monoisotopic (exact) mass is 368 g/mol. The lowest BCUT2D eigenvalue weighted by Gasteiger charge is -2.32. The minimum atomic E-state index is -1.45. The van der Waals surface area contributed by atoms with Crippen molar-refractivity contribution >= 4 is 17.8 Å². The first-order chi connectivity index (χ1) is 13.1. The molecule has 0 radical (unpaired) electrons. The SMILES string of the molecule is CCN1C(=O)[C@H]2[C@@H](c3ccoc3)N[C@](C(=O)OC)(c3ccccc3)[C@H]2C1=O. The van der Waals surface area contributed by atoms with E-state index >= 15 is 0 Å². The van der Waals surface area contributed by atoms with E-state index < -0.39 is 29.4 Å². The van der Waals surface area contributed by atoms with Crippen LogP contribution < -0.4 is 5.32 Å². The van der Waals surface area contributed by atoms with Gasteiger partial charge in [-0.15, -0.1) is 0 Å². The van der Waals surface area contributed by atoms with Crippen LogP contribution in [0, 0.1) is 11.8 Å². The van der Waals surface area contributed by atoms with Gasteiger partial charge < -0.3 is 9.15 Å². The van der Waals surface area contributed by atoms with Crippen LogP contribution >= 0.6 is 0 Å². The zero-order valence-electron chi connectivity index (χ0n) is 15.0. The molecule has 4 rings (SSSR count). The molecule has 0 aliphatic carbocycles. The van der Waals surface area contributed by atoms with Crippen LogP contribution in [0.4, 0.5) is 0 Å². The van der Waals surface area contributed by atoms with Crippen LogP contribution in [0.15, 0.2) is 53.3 Å². The zero-order valence-corrected chi connectivity index (χ0v) is 15.0. The molecule has 1 aromatic heterocycles. The van der Waals surface area contributed by atoms with Crippen molar-refractivity contribution in [2.24, 2.45) is 11.8 Å². The summed E-state index contributed by atoms with van der Waals surface area (Å²) in [7, 11) is 1.29. The van der Waals surface area contributed by atoms with Crippen LogP contribution in [0.2, 0.25) is 0 Å². The van der Waals surface area contributed by atoms with Gasteiger partial charge in [0.15, 0.2) is 5.54 Å². The third kappa shape index (κ3) is 2.28. The van der Waals surface area contributed by atoms with E-state index in [0.29, 0.717) is 11.1 Å². The minimum absolute atomic E-state index is 0.259. The number of ether oxygens (including phenoxy) is 1. The van der Waals surface area contributed by atoms with Crippen molar-refractivity contribution in [2.75, 3.05) is 13.7 Å². The van der Waals surface area contributed by atoms with E-state index in [9.17, 15) is 14.4 Å². The molecule has 140 valence electrons. The van der Waals surface area contributed by atoms with Gasteiger partial charge in [-0.25, -0.2) is 4.79 Å². The van der Waals surface area contributed by atoms with Crippen molar-refractivity contribution in [3.8, 4) is 0 Å². The molecule has 2 fully saturated rings. The maximum absolute atomic E-state index is 13.2. The Kier molecular flexibility index (Phi) is 4.11. The Morgan fingerprint density at radius 2 is 1.96 bits per heavy atom. The molecule has 7 nitrogen and oxygen atoms in total. The normalized spacial score (nSPS) is 29.9. The molecule has 2 aromatic rings. The van der Waals surface area contributed by atoms with E-state index in [4.69, 9.17) is 9.15 Å². The van der Waals surface area contributed by atoms with E-state index in [0.717, 1.165) is 0 Å². The molecule has 0 spiro atoms. The smallest absolute Gasteiger partial charge is 0.331 e. The molecule has 0 unspecified atom stereocenters. The molecule has 2 aliphatic heterocycles. The number of hydrogen-bond acceptors (Lipinski definition) is 6. The molecule has 0 bridgehead atoms. The van der Waals surface area contributed by atoms with Crippen molar-refractivity contribution in [1.29, 1.82) is 0 Å². The summed E-state index contributed by atoms with van der Waals surface area (Å²) in [6.45, 7) is 2.01. The maximum atomic E-state index is 13.2. The van der Waals surface area contributed by atoms with E-state index in [1.54, 1.807) is 37.3 Å². The zero-order chi connectivity index (χ0) is 19.2. The number of nitrogens with one attached hydrogen (secondary N) is 1. The Balaban J connectivity index is 1.95. The van der Waals surface area contributed by atoms with Gasteiger partial charge in [0.05, 0.1) is 31.5 Å². The average Bonchev–Trinajstić information content (AvgIpc) is 3.39. The van der Waals surface area contributed by atoms with Gasteiger partial charge in [-0.05, 0) is 18.6 Å². The van der Waals surface area contributed by atoms with Crippen LogP contribution in [0.25, 0.3) is 0 Å². The summed E-state index contributed by atoms with van der Waals surface area (Å²) in [4.78, 5) is 40.5. The second kappa shape index (κ2) is 6.35. The highest BCUT2D eigenvalue weighted by Crippen LogP contribution is 2.53. The first kappa shape index (κ1) is 17.5. The average molecular weight is 368 g/mol. The molecule has 3 heterocycles. The lowest BCUT2D eigenvalue weighted by Crippen LogP contribution is -2.53. The second-order valence-electron chi connectivity index (χ2n) is 6.77. The topological polar surface area (TPSA) is 88.8 Å². The number of nitrogens with zero attached hydrogens (tertiary/aromatic N) is 1. The van der Waals surface area contributed by atoms with Crippen molar-refractivity contribution < 1.29 is 23.5 Å². The van der Waals surface area contributed by atoms with Gasteiger partial charge in [0.2, 0.25) is 11.8 Å². The predicted molar refractivity (Wildman–Crippen MR) is 94.1 cm³/mol. The number of carbonyl (C=O) groups is 3. The summed E-state index contributed by atoms with van der Waals surface area (Å²) in [5, 5.41) is 3.28. The molecule has 2 saturated heterocycles. The summed E-state index contributed by atoms with van der Waals surface area (Å²) in [6.07, 6.45) is 3.03. The van der Waals surface area contributed by atoms with Crippen molar-refractivity contribution in [3.63, 3.8) is 0 Å². The van der Waals surface area contributed by atoms with Gasteiger partial charge in [0.25, 0.3) is 0 Å². The second-order valence-corrected chi connectivity index (χ2v) is 6.77. The largest absolute Gasteiger partial charge is 0.472 e. The lowest BCUT2D eigenvalue weighted by atomic mass is 9.75. The Morgan fingerprint density at radius 1 is 1.22 bits per heavy atom. The number of furan rings is 1. The number of likely N-dealkylation sites (tertiary alicyclic amines) is 1. The molecule has 27 heavy (non-hydrogen) atoms. The molecule has 2 aliphatic rings. The van der Waals surface area contributed by atoms with E-state index in [1.165, 1.54) is 24.5 Å².